The zero-order valence-corrected chi connectivity index (χ0v) is 9.70. The minimum Gasteiger partial charge on any atom is -0.377 e. The minimum absolute atomic E-state index is 0.382. The number of ether oxygens (including phenoxy) is 1. The van der Waals surface area contributed by atoms with E-state index >= 15 is 0 Å². The molecule has 0 saturated carbocycles. The fourth-order valence-corrected chi connectivity index (χ4v) is 3.16. The maximum atomic E-state index is 5.30. The van der Waals surface area contributed by atoms with Gasteiger partial charge in [0, 0.05) is 27.4 Å². The van der Waals surface area contributed by atoms with Crippen molar-refractivity contribution in [1.29, 1.82) is 0 Å². The lowest BCUT2D eigenvalue weighted by atomic mass is 10.3. The highest BCUT2D eigenvalue weighted by Gasteiger charge is 2.42. The average Bonchev–Trinajstić information content (AvgIpc) is 2.86. The summed E-state index contributed by atoms with van der Waals surface area (Å²) in [6.45, 7) is 2.07. The second-order valence-electron chi connectivity index (χ2n) is 3.21. The molecule has 1 aliphatic rings. The number of hydrogen-bond acceptors (Lipinski definition) is 4. The molecule has 4 nitrogen and oxygen atoms in total. The van der Waals surface area contributed by atoms with Crippen LogP contribution in [-0.4, -0.2) is 42.3 Å². The van der Waals surface area contributed by atoms with E-state index in [4.69, 9.17) is 18.0 Å². The summed E-state index contributed by atoms with van der Waals surface area (Å²) in [6, 6.07) is 0.825. The molecule has 1 heterocycles. The lowest BCUT2D eigenvalue weighted by Gasteiger charge is -2.23. The molecule has 5 heteroatoms. The van der Waals surface area contributed by atoms with E-state index in [1.807, 2.05) is 0 Å². The molecule has 0 amide bonds. The Morgan fingerprint density at radius 1 is 1.15 bits per heavy atom. The molecule has 1 saturated heterocycles. The van der Waals surface area contributed by atoms with E-state index in [0.717, 1.165) is 12.5 Å². The van der Waals surface area contributed by atoms with Crippen molar-refractivity contribution in [2.45, 2.75) is 31.6 Å². The molecule has 0 aromatic rings. The summed E-state index contributed by atoms with van der Waals surface area (Å²) in [7, 11) is 2.56. The van der Waals surface area contributed by atoms with Crippen LogP contribution in [-0.2, 0) is 18.0 Å². The van der Waals surface area contributed by atoms with Crippen LogP contribution >= 0.6 is 0 Å². The first-order chi connectivity index (χ1) is 6.17. The van der Waals surface area contributed by atoms with Gasteiger partial charge in [-0.05, 0) is 13.3 Å². The summed E-state index contributed by atoms with van der Waals surface area (Å²) in [5.74, 6) is 0. The zero-order valence-electron chi connectivity index (χ0n) is 8.70. The molecule has 0 aromatic carbocycles. The number of rotatable bonds is 6. The van der Waals surface area contributed by atoms with Crippen LogP contribution in [0.4, 0.5) is 0 Å². The van der Waals surface area contributed by atoms with Crippen LogP contribution in [0.3, 0.4) is 0 Å². The van der Waals surface area contributed by atoms with Gasteiger partial charge < -0.3 is 18.0 Å². The van der Waals surface area contributed by atoms with E-state index in [-0.39, 0.29) is 0 Å². The Balaban J connectivity index is 2.29. The monoisotopic (exact) mass is 206 g/mol. The van der Waals surface area contributed by atoms with Crippen LogP contribution < -0.4 is 0 Å². The van der Waals surface area contributed by atoms with Crippen LogP contribution in [0.1, 0.15) is 13.3 Å². The highest BCUT2D eigenvalue weighted by Crippen LogP contribution is 2.29. The fourth-order valence-electron chi connectivity index (χ4n) is 1.41. The third-order valence-electron chi connectivity index (χ3n) is 2.50. The molecule has 0 aromatic heterocycles. The minimum atomic E-state index is -2.35. The zero-order chi connectivity index (χ0) is 9.90. The largest absolute Gasteiger partial charge is 0.500 e. The molecule has 0 radical (unpaired) electrons. The second-order valence-corrected chi connectivity index (χ2v) is 6.30. The SMILES string of the molecule is CO[Si](CCC1OC1C)(OC)OC. The molecule has 2 unspecified atom stereocenters. The molecule has 1 rings (SSSR count). The summed E-state index contributed by atoms with van der Waals surface area (Å²) in [5, 5.41) is 0. The Bertz CT molecular complexity index is 152. The molecule has 1 aliphatic heterocycles. The van der Waals surface area contributed by atoms with E-state index < -0.39 is 8.80 Å². The topological polar surface area (TPSA) is 40.2 Å². The van der Waals surface area contributed by atoms with Gasteiger partial charge in [-0.15, -0.1) is 0 Å². The number of hydrogen-bond donors (Lipinski definition) is 0. The summed E-state index contributed by atoms with van der Waals surface area (Å²) in [6.07, 6.45) is 1.74. The lowest BCUT2D eigenvalue weighted by Crippen LogP contribution is -2.42. The maximum absolute atomic E-state index is 5.30. The summed E-state index contributed by atoms with van der Waals surface area (Å²) < 4.78 is 21.2. The molecule has 13 heavy (non-hydrogen) atoms. The first-order valence-electron chi connectivity index (χ1n) is 4.48. The van der Waals surface area contributed by atoms with Crippen molar-refractivity contribution in [1.82, 2.24) is 0 Å². The third kappa shape index (κ3) is 2.75. The Morgan fingerprint density at radius 3 is 1.92 bits per heavy atom. The van der Waals surface area contributed by atoms with Crippen molar-refractivity contribution in [2.75, 3.05) is 21.3 Å². The molecular formula is C8H18O4Si. The predicted molar refractivity (Wildman–Crippen MR) is 50.5 cm³/mol. The van der Waals surface area contributed by atoms with E-state index in [1.54, 1.807) is 21.3 Å². The predicted octanol–water partition coefficient (Wildman–Crippen LogP) is 1.04. The van der Waals surface area contributed by atoms with Crippen LogP contribution in [0.2, 0.25) is 6.04 Å². The third-order valence-corrected chi connectivity index (χ3v) is 5.27. The quantitative estimate of drug-likeness (QED) is 0.481. The van der Waals surface area contributed by atoms with Crippen molar-refractivity contribution >= 4 is 8.80 Å². The maximum Gasteiger partial charge on any atom is 0.500 e. The Kier molecular flexibility index (Phi) is 3.87. The van der Waals surface area contributed by atoms with Gasteiger partial charge in [-0.3, -0.25) is 0 Å². The van der Waals surface area contributed by atoms with Gasteiger partial charge in [0.05, 0.1) is 12.2 Å². The van der Waals surface area contributed by atoms with Crippen molar-refractivity contribution in [3.63, 3.8) is 0 Å². The molecular weight excluding hydrogens is 188 g/mol. The van der Waals surface area contributed by atoms with Gasteiger partial charge in [-0.1, -0.05) is 0 Å². The van der Waals surface area contributed by atoms with E-state index in [9.17, 15) is 0 Å². The average molecular weight is 206 g/mol. The normalized spacial score (nSPS) is 27.7. The van der Waals surface area contributed by atoms with E-state index in [1.165, 1.54) is 0 Å². The first kappa shape index (κ1) is 11.1. The van der Waals surface area contributed by atoms with Gasteiger partial charge in [0.25, 0.3) is 0 Å². The number of epoxide rings is 1. The van der Waals surface area contributed by atoms with E-state index in [2.05, 4.69) is 6.92 Å². The lowest BCUT2D eigenvalue weighted by molar-refractivity contribution is 0.122. The standard InChI is InChI=1S/C8H18O4Si/c1-7-8(12-7)5-6-13(9-2,10-3)11-4/h7-8H,5-6H2,1-4H3. The molecule has 0 bridgehead atoms. The smallest absolute Gasteiger partial charge is 0.377 e. The summed E-state index contributed by atoms with van der Waals surface area (Å²) in [4.78, 5) is 0. The molecule has 78 valence electrons. The Labute approximate surface area is 80.5 Å². The van der Waals surface area contributed by atoms with Crippen LogP contribution in [0.15, 0.2) is 0 Å². The molecule has 0 N–H and O–H groups in total. The second kappa shape index (κ2) is 4.52. The first-order valence-corrected chi connectivity index (χ1v) is 6.41. The van der Waals surface area contributed by atoms with Crippen molar-refractivity contribution in [3.05, 3.63) is 0 Å². The van der Waals surface area contributed by atoms with E-state index in [0.29, 0.717) is 12.2 Å². The molecule has 1 fully saturated rings. The summed E-state index contributed by atoms with van der Waals surface area (Å²) >= 11 is 0. The van der Waals surface area contributed by atoms with Crippen molar-refractivity contribution in [3.8, 4) is 0 Å². The van der Waals surface area contributed by atoms with Crippen molar-refractivity contribution < 1.29 is 18.0 Å². The highest BCUT2D eigenvalue weighted by atomic mass is 28.4. The summed E-state index contributed by atoms with van der Waals surface area (Å²) in [5.41, 5.74) is 0. The Hall–Kier alpha value is 0.0569. The van der Waals surface area contributed by atoms with Gasteiger partial charge in [-0.25, -0.2) is 0 Å². The van der Waals surface area contributed by atoms with Gasteiger partial charge in [0.15, 0.2) is 0 Å². The van der Waals surface area contributed by atoms with Crippen molar-refractivity contribution in [2.24, 2.45) is 0 Å². The molecule has 2 atom stereocenters. The van der Waals surface area contributed by atoms with Gasteiger partial charge in [0.1, 0.15) is 0 Å². The van der Waals surface area contributed by atoms with Crippen LogP contribution in [0.25, 0.3) is 0 Å². The van der Waals surface area contributed by atoms with Gasteiger partial charge >= 0.3 is 8.80 Å². The molecule has 0 aliphatic carbocycles. The highest BCUT2D eigenvalue weighted by molar-refractivity contribution is 6.60. The molecule has 0 spiro atoms. The van der Waals surface area contributed by atoms with Crippen LogP contribution in [0.5, 0.6) is 0 Å². The fraction of sp³-hybridized carbons (Fsp3) is 1.00. The Morgan fingerprint density at radius 2 is 1.62 bits per heavy atom. The van der Waals surface area contributed by atoms with Gasteiger partial charge in [0.2, 0.25) is 0 Å². The van der Waals surface area contributed by atoms with Crippen LogP contribution in [0, 0.1) is 0 Å². The van der Waals surface area contributed by atoms with Gasteiger partial charge in [-0.2, -0.15) is 0 Å².